The van der Waals surface area contributed by atoms with Crippen LogP contribution < -0.4 is 0 Å². The van der Waals surface area contributed by atoms with E-state index in [0.29, 0.717) is 5.82 Å². The molecule has 4 heteroatoms. The predicted molar refractivity (Wildman–Crippen MR) is 60.3 cm³/mol. The summed E-state index contributed by atoms with van der Waals surface area (Å²) in [7, 11) is 0. The van der Waals surface area contributed by atoms with E-state index in [0.717, 1.165) is 16.7 Å². The van der Waals surface area contributed by atoms with Gasteiger partial charge >= 0.3 is 0 Å². The van der Waals surface area contributed by atoms with Crippen molar-refractivity contribution in [3.05, 3.63) is 35.7 Å². The lowest BCUT2D eigenvalue weighted by atomic mass is 10.0. The number of hydrogen-bond acceptors (Lipinski definition) is 4. The van der Waals surface area contributed by atoms with Crippen LogP contribution in [0.3, 0.4) is 0 Å². The molecule has 0 saturated carbocycles. The summed E-state index contributed by atoms with van der Waals surface area (Å²) < 4.78 is 0. The number of rotatable bonds is 1. The average molecular weight is 216 g/mol. The van der Waals surface area contributed by atoms with E-state index >= 15 is 0 Å². The SMILES string of the molecule is Cc1cc(O)cc(C)c1-c1ncc(O)cn1. The molecule has 4 nitrogen and oxygen atoms in total. The maximum absolute atomic E-state index is 9.43. The number of aromatic nitrogens is 2. The number of nitrogens with zero attached hydrogens (tertiary/aromatic N) is 2. The second kappa shape index (κ2) is 3.81. The Morgan fingerprint density at radius 1 is 0.875 bits per heavy atom. The van der Waals surface area contributed by atoms with Crippen LogP contribution in [0.15, 0.2) is 24.5 Å². The van der Waals surface area contributed by atoms with Gasteiger partial charge in [-0.05, 0) is 37.1 Å². The summed E-state index contributed by atoms with van der Waals surface area (Å²) >= 11 is 0. The summed E-state index contributed by atoms with van der Waals surface area (Å²) in [5.74, 6) is 0.822. The van der Waals surface area contributed by atoms with Crippen molar-refractivity contribution in [2.45, 2.75) is 13.8 Å². The number of hydrogen-bond donors (Lipinski definition) is 2. The molecule has 0 atom stereocenters. The zero-order valence-corrected chi connectivity index (χ0v) is 9.10. The van der Waals surface area contributed by atoms with Crippen molar-refractivity contribution >= 4 is 0 Å². The summed E-state index contributed by atoms with van der Waals surface area (Å²) in [4.78, 5) is 8.11. The molecule has 0 aliphatic carbocycles. The second-order valence-electron chi connectivity index (χ2n) is 3.72. The van der Waals surface area contributed by atoms with E-state index in [2.05, 4.69) is 9.97 Å². The molecule has 0 bridgehead atoms. The van der Waals surface area contributed by atoms with Crippen LogP contribution in [-0.4, -0.2) is 20.2 Å². The first-order chi connectivity index (χ1) is 7.58. The molecular weight excluding hydrogens is 204 g/mol. The van der Waals surface area contributed by atoms with Gasteiger partial charge in [-0.25, -0.2) is 9.97 Å². The quantitative estimate of drug-likeness (QED) is 0.766. The lowest BCUT2D eigenvalue weighted by Gasteiger charge is -2.08. The molecule has 1 aromatic carbocycles. The first-order valence-corrected chi connectivity index (χ1v) is 4.89. The molecule has 0 amide bonds. The highest BCUT2D eigenvalue weighted by molar-refractivity contribution is 5.65. The van der Waals surface area contributed by atoms with Gasteiger partial charge in [0.2, 0.25) is 0 Å². The summed E-state index contributed by atoms with van der Waals surface area (Å²) in [5.41, 5.74) is 2.70. The Balaban J connectivity index is 2.60. The molecule has 1 heterocycles. The van der Waals surface area contributed by atoms with Crippen molar-refractivity contribution in [2.24, 2.45) is 0 Å². The van der Waals surface area contributed by atoms with E-state index in [4.69, 9.17) is 5.11 Å². The Morgan fingerprint density at radius 2 is 1.38 bits per heavy atom. The highest BCUT2D eigenvalue weighted by Gasteiger charge is 2.09. The summed E-state index contributed by atoms with van der Waals surface area (Å²) in [6.45, 7) is 3.77. The predicted octanol–water partition coefficient (Wildman–Crippen LogP) is 2.17. The third-order valence-electron chi connectivity index (χ3n) is 2.38. The van der Waals surface area contributed by atoms with E-state index < -0.39 is 0 Å². The van der Waals surface area contributed by atoms with Crippen LogP contribution in [0, 0.1) is 13.8 Å². The topological polar surface area (TPSA) is 66.2 Å². The van der Waals surface area contributed by atoms with Crippen LogP contribution in [0.4, 0.5) is 0 Å². The van der Waals surface area contributed by atoms with Gasteiger partial charge in [-0.3, -0.25) is 0 Å². The van der Waals surface area contributed by atoms with Crippen LogP contribution in [-0.2, 0) is 0 Å². The second-order valence-corrected chi connectivity index (χ2v) is 3.72. The van der Waals surface area contributed by atoms with E-state index in [-0.39, 0.29) is 11.5 Å². The first kappa shape index (κ1) is 10.4. The van der Waals surface area contributed by atoms with Gasteiger partial charge in [0.05, 0.1) is 12.4 Å². The van der Waals surface area contributed by atoms with Gasteiger partial charge in [0.1, 0.15) is 5.75 Å². The van der Waals surface area contributed by atoms with Crippen LogP contribution in [0.2, 0.25) is 0 Å². The van der Waals surface area contributed by atoms with Gasteiger partial charge in [-0.2, -0.15) is 0 Å². The Bertz CT molecular complexity index is 498. The third kappa shape index (κ3) is 1.82. The maximum atomic E-state index is 9.43. The molecule has 1 aromatic heterocycles. The van der Waals surface area contributed by atoms with E-state index in [1.165, 1.54) is 12.4 Å². The zero-order valence-electron chi connectivity index (χ0n) is 9.10. The van der Waals surface area contributed by atoms with Crippen molar-refractivity contribution in [2.75, 3.05) is 0 Å². The summed E-state index contributed by atoms with van der Waals surface area (Å²) in [6.07, 6.45) is 2.71. The molecular formula is C12H12N2O2. The Labute approximate surface area is 93.2 Å². The van der Waals surface area contributed by atoms with Crippen molar-refractivity contribution < 1.29 is 10.2 Å². The molecule has 0 aliphatic rings. The molecule has 0 fully saturated rings. The fraction of sp³-hybridized carbons (Fsp3) is 0.167. The molecule has 82 valence electrons. The van der Waals surface area contributed by atoms with Crippen molar-refractivity contribution in [1.29, 1.82) is 0 Å². The molecule has 2 aromatic rings. The molecule has 16 heavy (non-hydrogen) atoms. The number of phenols is 1. The fourth-order valence-corrected chi connectivity index (χ4v) is 1.74. The Hall–Kier alpha value is -2.10. The molecule has 0 aliphatic heterocycles. The van der Waals surface area contributed by atoms with Gasteiger partial charge in [0.15, 0.2) is 11.6 Å². The largest absolute Gasteiger partial charge is 0.508 e. The lowest BCUT2D eigenvalue weighted by molar-refractivity contribution is 0.469. The summed E-state index contributed by atoms with van der Waals surface area (Å²) in [5, 5.41) is 18.5. The molecule has 2 rings (SSSR count). The highest BCUT2D eigenvalue weighted by Crippen LogP contribution is 2.28. The van der Waals surface area contributed by atoms with Crippen molar-refractivity contribution in [1.82, 2.24) is 9.97 Å². The summed E-state index contributed by atoms with van der Waals surface area (Å²) in [6, 6.07) is 3.33. The third-order valence-corrected chi connectivity index (χ3v) is 2.38. The van der Waals surface area contributed by atoms with Crippen LogP contribution in [0.5, 0.6) is 11.5 Å². The standard InChI is InChI=1S/C12H12N2O2/c1-7-3-9(15)4-8(2)11(7)12-13-5-10(16)6-14-12/h3-6,15-16H,1-2H3. The number of benzene rings is 1. The van der Waals surface area contributed by atoms with E-state index in [9.17, 15) is 5.11 Å². The first-order valence-electron chi connectivity index (χ1n) is 4.89. The fourth-order valence-electron chi connectivity index (χ4n) is 1.74. The van der Waals surface area contributed by atoms with Gasteiger partial charge in [0.25, 0.3) is 0 Å². The minimum absolute atomic E-state index is 0.0397. The van der Waals surface area contributed by atoms with E-state index in [1.807, 2.05) is 13.8 Å². The van der Waals surface area contributed by atoms with E-state index in [1.54, 1.807) is 12.1 Å². The van der Waals surface area contributed by atoms with Gasteiger partial charge in [-0.1, -0.05) is 0 Å². The van der Waals surface area contributed by atoms with Crippen molar-refractivity contribution in [3.8, 4) is 22.9 Å². The van der Waals surface area contributed by atoms with Crippen LogP contribution in [0.1, 0.15) is 11.1 Å². The molecule has 0 unspecified atom stereocenters. The molecule has 0 radical (unpaired) electrons. The highest BCUT2D eigenvalue weighted by atomic mass is 16.3. The van der Waals surface area contributed by atoms with Gasteiger partial charge in [0, 0.05) is 5.56 Å². The van der Waals surface area contributed by atoms with Crippen LogP contribution in [0.25, 0.3) is 11.4 Å². The zero-order chi connectivity index (χ0) is 11.7. The Morgan fingerprint density at radius 3 is 1.88 bits per heavy atom. The van der Waals surface area contributed by atoms with Gasteiger partial charge < -0.3 is 10.2 Å². The minimum Gasteiger partial charge on any atom is -0.508 e. The number of phenolic OH excluding ortho intramolecular Hbond substituents is 1. The minimum atomic E-state index is 0.0397. The maximum Gasteiger partial charge on any atom is 0.159 e. The average Bonchev–Trinajstić information content (AvgIpc) is 2.19. The van der Waals surface area contributed by atoms with Gasteiger partial charge in [-0.15, -0.1) is 0 Å². The molecule has 2 N–H and O–H groups in total. The lowest BCUT2D eigenvalue weighted by Crippen LogP contribution is -1.93. The number of aromatic hydroxyl groups is 2. The van der Waals surface area contributed by atoms with Crippen molar-refractivity contribution in [3.63, 3.8) is 0 Å². The smallest absolute Gasteiger partial charge is 0.159 e. The normalized spacial score (nSPS) is 10.4. The Kier molecular flexibility index (Phi) is 2.48. The number of aryl methyl sites for hydroxylation is 2. The molecule has 0 spiro atoms. The monoisotopic (exact) mass is 216 g/mol. The molecule has 0 saturated heterocycles. The van der Waals surface area contributed by atoms with Crippen LogP contribution >= 0.6 is 0 Å².